The van der Waals surface area contributed by atoms with Crippen molar-refractivity contribution in [1.82, 2.24) is 19.5 Å². The van der Waals surface area contributed by atoms with Crippen molar-refractivity contribution in [2.75, 3.05) is 0 Å². The molecule has 0 N–H and O–H groups in total. The number of furan rings is 1. The van der Waals surface area contributed by atoms with Crippen LogP contribution in [0.4, 0.5) is 0 Å². The summed E-state index contributed by atoms with van der Waals surface area (Å²) in [6.07, 6.45) is 0. The molecule has 5 nitrogen and oxygen atoms in total. The Bertz CT molecular complexity index is 2700. The smallest absolute Gasteiger partial charge is 0.164 e. The summed E-state index contributed by atoms with van der Waals surface area (Å²) >= 11 is 0. The van der Waals surface area contributed by atoms with Crippen LogP contribution in [-0.2, 0) is 0 Å². The van der Waals surface area contributed by atoms with Crippen LogP contribution in [-0.4, -0.2) is 19.5 Å². The van der Waals surface area contributed by atoms with Gasteiger partial charge in [0.25, 0.3) is 0 Å². The SMILES string of the molecule is [2H]c1cc([2H])c2c(c1[2H])c1c([2H])c([2H])cc([2H])c1n2-c1ccc2oc3cc(-c4nc(-c5ccccc5)nc(-c5ccccc5)n4)ccc3c2c1. The molecule has 3 heterocycles. The largest absolute Gasteiger partial charge is 0.456 e. The van der Waals surface area contributed by atoms with Crippen molar-refractivity contribution in [3.8, 4) is 39.9 Å². The summed E-state index contributed by atoms with van der Waals surface area (Å²) in [6.45, 7) is 0. The third-order valence-corrected chi connectivity index (χ3v) is 7.80. The molecule has 6 aromatic carbocycles. The third-order valence-electron chi connectivity index (χ3n) is 7.80. The van der Waals surface area contributed by atoms with E-state index in [0.717, 1.165) is 27.5 Å². The first-order valence-corrected chi connectivity index (χ1v) is 14.1. The molecule has 0 unspecified atom stereocenters. The Labute approximate surface area is 261 Å². The molecule has 0 radical (unpaired) electrons. The van der Waals surface area contributed by atoms with E-state index in [-0.39, 0.29) is 47.0 Å². The summed E-state index contributed by atoms with van der Waals surface area (Å²) in [5, 5.41) is 2.05. The number of aromatic nitrogens is 4. The van der Waals surface area contributed by atoms with Gasteiger partial charge in [0, 0.05) is 43.9 Å². The topological polar surface area (TPSA) is 56.7 Å². The molecule has 0 atom stereocenters. The number of rotatable bonds is 4. The van der Waals surface area contributed by atoms with E-state index in [4.69, 9.17) is 27.6 Å². The Hall–Kier alpha value is -6.07. The zero-order valence-electron chi connectivity index (χ0n) is 29.1. The van der Waals surface area contributed by atoms with Crippen LogP contribution in [0, 0.1) is 0 Å². The highest BCUT2D eigenvalue weighted by Gasteiger charge is 2.16. The van der Waals surface area contributed by atoms with Crippen molar-refractivity contribution in [3.05, 3.63) is 145 Å². The lowest BCUT2D eigenvalue weighted by Crippen LogP contribution is -2.00. The van der Waals surface area contributed by atoms with Gasteiger partial charge in [-0.2, -0.15) is 0 Å². The van der Waals surface area contributed by atoms with Crippen LogP contribution in [0.15, 0.2) is 150 Å². The molecule has 5 heteroatoms. The molecular weight excluding hydrogens is 540 g/mol. The third kappa shape index (κ3) is 3.91. The van der Waals surface area contributed by atoms with Crippen LogP contribution in [0.25, 0.3) is 83.6 Å². The second kappa shape index (κ2) is 9.75. The predicted octanol–water partition coefficient (Wildman–Crippen LogP) is 9.87. The molecule has 0 saturated heterocycles. The molecule has 44 heavy (non-hydrogen) atoms. The van der Waals surface area contributed by atoms with Gasteiger partial charge in [-0.1, -0.05) is 103 Å². The van der Waals surface area contributed by atoms with E-state index in [1.807, 2.05) is 97.1 Å². The summed E-state index contributed by atoms with van der Waals surface area (Å²) in [7, 11) is 0. The number of benzene rings is 6. The predicted molar refractivity (Wildman–Crippen MR) is 178 cm³/mol. The van der Waals surface area contributed by atoms with Gasteiger partial charge < -0.3 is 8.98 Å². The van der Waals surface area contributed by atoms with Crippen LogP contribution in [0.2, 0.25) is 0 Å². The molecule has 0 saturated carbocycles. The fourth-order valence-electron chi connectivity index (χ4n) is 5.75. The highest BCUT2D eigenvalue weighted by atomic mass is 16.3. The minimum Gasteiger partial charge on any atom is -0.456 e. The van der Waals surface area contributed by atoms with E-state index in [2.05, 4.69) is 0 Å². The number of nitrogens with zero attached hydrogens (tertiary/aromatic N) is 4. The zero-order chi connectivity index (χ0) is 34.3. The number of para-hydroxylation sites is 2. The van der Waals surface area contributed by atoms with Crippen LogP contribution >= 0.6 is 0 Å². The quantitative estimate of drug-likeness (QED) is 0.211. The number of hydrogen-bond acceptors (Lipinski definition) is 4. The lowest BCUT2D eigenvalue weighted by Gasteiger charge is -2.08. The maximum atomic E-state index is 8.80. The van der Waals surface area contributed by atoms with Crippen LogP contribution in [0.3, 0.4) is 0 Å². The van der Waals surface area contributed by atoms with E-state index < -0.39 is 0 Å². The Morgan fingerprint density at radius 2 is 1.07 bits per heavy atom. The highest BCUT2D eigenvalue weighted by Crippen LogP contribution is 2.36. The molecule has 9 aromatic rings. The molecule has 0 aliphatic rings. The lowest BCUT2D eigenvalue weighted by atomic mass is 10.1. The van der Waals surface area contributed by atoms with Gasteiger partial charge in [-0.05, 0) is 42.4 Å². The average Bonchev–Trinajstić information content (AvgIpc) is 3.70. The number of fused-ring (bicyclic) bond motifs is 6. The van der Waals surface area contributed by atoms with E-state index >= 15 is 0 Å². The van der Waals surface area contributed by atoms with E-state index in [1.165, 1.54) is 12.1 Å². The molecule has 0 amide bonds. The summed E-state index contributed by atoms with van der Waals surface area (Å²) in [5.41, 5.74) is 4.93. The van der Waals surface area contributed by atoms with E-state index in [1.54, 1.807) is 4.57 Å². The Balaban J connectivity index is 1.24. The summed E-state index contributed by atoms with van der Waals surface area (Å²) in [5.74, 6) is 1.61. The van der Waals surface area contributed by atoms with Gasteiger partial charge in [-0.25, -0.2) is 15.0 Å². The van der Waals surface area contributed by atoms with Crippen LogP contribution in [0.5, 0.6) is 0 Å². The normalized spacial score (nSPS) is 13.5. The Morgan fingerprint density at radius 1 is 0.477 bits per heavy atom. The van der Waals surface area contributed by atoms with E-state index in [0.29, 0.717) is 45.4 Å². The monoisotopic (exact) mass is 570 g/mol. The van der Waals surface area contributed by atoms with Crippen LogP contribution in [0.1, 0.15) is 8.22 Å². The van der Waals surface area contributed by atoms with Gasteiger partial charge in [0.1, 0.15) is 11.2 Å². The van der Waals surface area contributed by atoms with Crippen molar-refractivity contribution in [2.45, 2.75) is 0 Å². The molecule has 0 bridgehead atoms. The van der Waals surface area contributed by atoms with Crippen LogP contribution < -0.4 is 0 Å². The molecule has 3 aromatic heterocycles. The molecule has 0 spiro atoms. The molecule has 206 valence electrons. The number of hydrogen-bond donors (Lipinski definition) is 0. The summed E-state index contributed by atoms with van der Waals surface area (Å²) in [4.78, 5) is 14.5. The van der Waals surface area contributed by atoms with Crippen molar-refractivity contribution >= 4 is 43.7 Å². The minimum atomic E-state index is -0.153. The average molecular weight is 571 g/mol. The standard InChI is InChI=1S/C39H24N4O/c1-3-11-25(12-4-1)37-40-38(26-13-5-2-6-14-26)42-39(41-37)27-19-21-31-32-24-28(20-22-35(32)44-36(31)23-27)43-33-17-9-7-15-29(33)30-16-8-10-18-34(30)43/h1-24H/i7D,8D,15D,16D,17D,18D. The van der Waals surface area contributed by atoms with Gasteiger partial charge in [-0.15, -0.1) is 0 Å². The first-order chi connectivity index (χ1) is 24.3. The molecule has 0 aliphatic carbocycles. The van der Waals surface area contributed by atoms with Gasteiger partial charge in [0.15, 0.2) is 17.5 Å². The maximum absolute atomic E-state index is 8.80. The van der Waals surface area contributed by atoms with Crippen molar-refractivity contribution in [2.24, 2.45) is 0 Å². The second-order valence-electron chi connectivity index (χ2n) is 10.4. The van der Waals surface area contributed by atoms with Crippen molar-refractivity contribution < 1.29 is 12.6 Å². The fraction of sp³-hybridized carbons (Fsp3) is 0. The van der Waals surface area contributed by atoms with Gasteiger partial charge in [0.2, 0.25) is 0 Å². The highest BCUT2D eigenvalue weighted by molar-refractivity contribution is 6.10. The summed E-state index contributed by atoms with van der Waals surface area (Å²) in [6, 6.07) is 32.9. The van der Waals surface area contributed by atoms with Crippen molar-refractivity contribution in [1.29, 1.82) is 0 Å². The Kier molecular flexibility index (Phi) is 4.25. The van der Waals surface area contributed by atoms with Gasteiger partial charge in [0.05, 0.1) is 19.3 Å². The molecule has 9 rings (SSSR count). The van der Waals surface area contributed by atoms with Crippen molar-refractivity contribution in [3.63, 3.8) is 0 Å². The minimum absolute atomic E-state index is 0.00795. The maximum Gasteiger partial charge on any atom is 0.164 e. The van der Waals surface area contributed by atoms with E-state index in [9.17, 15) is 0 Å². The molecular formula is C39H24N4O. The fourth-order valence-corrected chi connectivity index (χ4v) is 5.75. The zero-order valence-corrected chi connectivity index (χ0v) is 23.1. The summed E-state index contributed by atoms with van der Waals surface area (Å²) < 4.78 is 59.6. The lowest BCUT2D eigenvalue weighted by molar-refractivity contribution is 0.669. The Morgan fingerprint density at radius 3 is 1.68 bits per heavy atom. The van der Waals surface area contributed by atoms with Gasteiger partial charge >= 0.3 is 0 Å². The second-order valence-corrected chi connectivity index (χ2v) is 10.4. The first kappa shape index (κ1) is 19.2. The van der Waals surface area contributed by atoms with Gasteiger partial charge in [-0.3, -0.25) is 0 Å². The molecule has 0 fully saturated rings. The molecule has 0 aliphatic heterocycles. The first-order valence-electron chi connectivity index (χ1n) is 17.1.